The first-order valence-electron chi connectivity index (χ1n) is 10.7. The normalized spacial score (nSPS) is 10.8. The van der Waals surface area contributed by atoms with Crippen molar-refractivity contribution in [3.63, 3.8) is 0 Å². The number of hydrogen-bond acceptors (Lipinski definition) is 5. The minimum absolute atomic E-state index is 0.0358. The lowest BCUT2D eigenvalue weighted by atomic mass is 10.2. The summed E-state index contributed by atoms with van der Waals surface area (Å²) in [6.45, 7) is 1.63. The summed E-state index contributed by atoms with van der Waals surface area (Å²) < 4.78 is 54.1. The zero-order valence-electron chi connectivity index (χ0n) is 19.7. The SMILES string of the molecule is Cc1nc2ccccn2c1C(=O)NCc1ccc(Cl)c(Oc2cc(Cl)cc(C#N)c2)c1F.O=C(O)C(F)(F)F. The van der Waals surface area contributed by atoms with E-state index in [2.05, 4.69) is 10.3 Å². The number of rotatable bonds is 5. The van der Waals surface area contributed by atoms with E-state index in [0.29, 0.717) is 17.0 Å². The van der Waals surface area contributed by atoms with E-state index >= 15 is 4.39 Å². The number of hydrogen-bond donors (Lipinski definition) is 2. The molecule has 4 aromatic rings. The summed E-state index contributed by atoms with van der Waals surface area (Å²) in [5.41, 5.74) is 2.00. The molecular formula is C25H16Cl2F4N4O4. The van der Waals surface area contributed by atoms with Crippen LogP contribution in [0.2, 0.25) is 10.0 Å². The average molecular weight is 583 g/mol. The number of nitrogens with zero attached hydrogens (tertiary/aromatic N) is 3. The smallest absolute Gasteiger partial charge is 0.475 e. The number of ether oxygens (including phenoxy) is 1. The number of imidazole rings is 1. The van der Waals surface area contributed by atoms with Crippen molar-refractivity contribution < 1.29 is 37.0 Å². The van der Waals surface area contributed by atoms with Crippen LogP contribution in [-0.4, -0.2) is 32.5 Å². The minimum Gasteiger partial charge on any atom is -0.475 e. The topological polar surface area (TPSA) is 117 Å². The number of nitrogens with one attached hydrogen (secondary N) is 1. The van der Waals surface area contributed by atoms with E-state index in [0.717, 1.165) is 0 Å². The van der Waals surface area contributed by atoms with Crippen LogP contribution in [0.25, 0.3) is 5.65 Å². The lowest BCUT2D eigenvalue weighted by molar-refractivity contribution is -0.192. The van der Waals surface area contributed by atoms with Gasteiger partial charge in [0.15, 0.2) is 11.6 Å². The Bertz CT molecular complexity index is 1600. The molecule has 202 valence electrons. The molecule has 0 unspecified atom stereocenters. The standard InChI is InChI=1S/C23H15Cl2FN4O2.C2HF3O2/c1-13-21(30-7-3-2-4-19(30)29-13)23(31)28-12-15-5-6-18(25)22(20(15)26)32-17-9-14(11-27)8-16(24)10-17;3-2(4,5)1(6)7/h2-10H,12H2,1H3,(H,28,31);(H,6,7). The number of alkyl halides is 3. The Morgan fingerprint density at radius 3 is 2.51 bits per heavy atom. The number of halogens is 6. The lowest BCUT2D eigenvalue weighted by Crippen LogP contribution is -2.25. The molecule has 0 spiro atoms. The molecule has 39 heavy (non-hydrogen) atoms. The van der Waals surface area contributed by atoms with Crippen LogP contribution in [-0.2, 0) is 11.3 Å². The Morgan fingerprint density at radius 1 is 1.18 bits per heavy atom. The number of amides is 1. The Hall–Kier alpha value is -4.34. The molecule has 2 aromatic heterocycles. The molecule has 0 radical (unpaired) electrons. The van der Waals surface area contributed by atoms with E-state index < -0.39 is 23.9 Å². The summed E-state index contributed by atoms with van der Waals surface area (Å²) in [5.74, 6) is -3.95. The maximum Gasteiger partial charge on any atom is 0.490 e. The number of carboxylic acids is 1. The van der Waals surface area contributed by atoms with Crippen molar-refractivity contribution in [3.05, 3.63) is 93.1 Å². The molecule has 2 heterocycles. The van der Waals surface area contributed by atoms with Gasteiger partial charge in [0.25, 0.3) is 5.91 Å². The van der Waals surface area contributed by atoms with Gasteiger partial charge in [-0.1, -0.05) is 35.3 Å². The van der Waals surface area contributed by atoms with Crippen LogP contribution < -0.4 is 10.1 Å². The van der Waals surface area contributed by atoms with Crippen LogP contribution in [0.1, 0.15) is 27.3 Å². The first-order valence-corrected chi connectivity index (χ1v) is 11.4. The Balaban J connectivity index is 0.000000532. The molecular weight excluding hydrogens is 567 g/mol. The Labute approximate surface area is 228 Å². The van der Waals surface area contributed by atoms with Gasteiger partial charge in [-0.2, -0.15) is 18.4 Å². The van der Waals surface area contributed by atoms with Gasteiger partial charge in [0.05, 0.1) is 22.3 Å². The van der Waals surface area contributed by atoms with Crippen LogP contribution in [0.5, 0.6) is 11.5 Å². The number of pyridine rings is 1. The molecule has 2 aromatic carbocycles. The molecule has 0 saturated carbocycles. The Kier molecular flexibility index (Phi) is 9.00. The zero-order chi connectivity index (χ0) is 28.9. The maximum absolute atomic E-state index is 15.2. The fourth-order valence-corrected chi connectivity index (χ4v) is 3.66. The molecule has 14 heteroatoms. The van der Waals surface area contributed by atoms with Crippen molar-refractivity contribution in [1.82, 2.24) is 14.7 Å². The number of aryl methyl sites for hydroxylation is 1. The van der Waals surface area contributed by atoms with Crippen LogP contribution in [0.4, 0.5) is 17.6 Å². The summed E-state index contributed by atoms with van der Waals surface area (Å²) in [4.78, 5) is 26.0. The number of carbonyl (C=O) groups excluding carboxylic acids is 1. The monoisotopic (exact) mass is 582 g/mol. The molecule has 0 bridgehead atoms. The second-order valence-corrected chi connectivity index (χ2v) is 8.54. The number of aliphatic carboxylic acids is 1. The highest BCUT2D eigenvalue weighted by Gasteiger charge is 2.38. The van der Waals surface area contributed by atoms with Crippen LogP contribution >= 0.6 is 23.2 Å². The van der Waals surface area contributed by atoms with E-state index in [1.165, 1.54) is 30.3 Å². The van der Waals surface area contributed by atoms with Gasteiger partial charge in [0.2, 0.25) is 0 Å². The molecule has 0 aliphatic rings. The highest BCUT2D eigenvalue weighted by molar-refractivity contribution is 6.32. The highest BCUT2D eigenvalue weighted by atomic mass is 35.5. The zero-order valence-corrected chi connectivity index (χ0v) is 21.2. The number of benzene rings is 2. The van der Waals surface area contributed by atoms with Crippen molar-refractivity contribution in [3.8, 4) is 17.6 Å². The van der Waals surface area contributed by atoms with E-state index in [4.69, 9.17) is 43.1 Å². The summed E-state index contributed by atoms with van der Waals surface area (Å²) in [7, 11) is 0. The molecule has 0 aliphatic carbocycles. The molecule has 0 fully saturated rings. The second-order valence-electron chi connectivity index (χ2n) is 7.70. The van der Waals surface area contributed by atoms with Gasteiger partial charge in [0.1, 0.15) is 17.1 Å². The fourth-order valence-electron chi connectivity index (χ4n) is 3.25. The fraction of sp³-hybridized carbons (Fsp3) is 0.120. The number of carboxylic acid groups (broad SMARTS) is 1. The molecule has 0 aliphatic heterocycles. The maximum atomic E-state index is 15.2. The van der Waals surface area contributed by atoms with Gasteiger partial charge in [-0.15, -0.1) is 0 Å². The van der Waals surface area contributed by atoms with Gasteiger partial charge in [-0.25, -0.2) is 14.2 Å². The average Bonchev–Trinajstić information content (AvgIpc) is 3.21. The predicted molar refractivity (Wildman–Crippen MR) is 132 cm³/mol. The number of carbonyl (C=O) groups is 2. The van der Waals surface area contributed by atoms with E-state index in [1.807, 2.05) is 12.1 Å². The van der Waals surface area contributed by atoms with Crippen molar-refractivity contribution in [2.75, 3.05) is 0 Å². The van der Waals surface area contributed by atoms with Crippen molar-refractivity contribution >= 4 is 40.7 Å². The highest BCUT2D eigenvalue weighted by Crippen LogP contribution is 2.35. The largest absolute Gasteiger partial charge is 0.490 e. The number of nitriles is 1. The van der Waals surface area contributed by atoms with Crippen molar-refractivity contribution in [2.45, 2.75) is 19.6 Å². The minimum atomic E-state index is -5.08. The predicted octanol–water partition coefficient (Wildman–Crippen LogP) is 6.32. The molecule has 4 rings (SSSR count). The summed E-state index contributed by atoms with van der Waals surface area (Å²) in [5, 5.41) is 19.2. The second kappa shape index (κ2) is 12.0. The first-order chi connectivity index (χ1) is 18.3. The summed E-state index contributed by atoms with van der Waals surface area (Å²) in [6.07, 6.45) is -3.35. The number of aromatic nitrogens is 2. The third-order valence-electron chi connectivity index (χ3n) is 4.95. The van der Waals surface area contributed by atoms with Gasteiger partial charge >= 0.3 is 12.1 Å². The van der Waals surface area contributed by atoms with Gasteiger partial charge in [-0.3, -0.25) is 9.20 Å². The van der Waals surface area contributed by atoms with Gasteiger partial charge < -0.3 is 15.2 Å². The third-order valence-corrected chi connectivity index (χ3v) is 5.47. The molecule has 2 N–H and O–H groups in total. The first kappa shape index (κ1) is 29.2. The van der Waals surface area contributed by atoms with Crippen molar-refractivity contribution in [1.29, 1.82) is 5.26 Å². The van der Waals surface area contributed by atoms with E-state index in [9.17, 15) is 18.0 Å². The molecule has 8 nitrogen and oxygen atoms in total. The third kappa shape index (κ3) is 7.16. The summed E-state index contributed by atoms with van der Waals surface area (Å²) >= 11 is 12.1. The van der Waals surface area contributed by atoms with Crippen molar-refractivity contribution in [2.24, 2.45) is 0 Å². The quantitative estimate of drug-likeness (QED) is 0.266. The molecule has 1 amide bonds. The summed E-state index contributed by atoms with van der Waals surface area (Å²) in [6, 6.07) is 14.6. The molecule has 0 saturated heterocycles. The molecule has 0 atom stereocenters. The van der Waals surface area contributed by atoms with Crippen LogP contribution in [0.3, 0.4) is 0 Å². The lowest BCUT2D eigenvalue weighted by Gasteiger charge is -2.13. The van der Waals surface area contributed by atoms with Gasteiger partial charge in [0, 0.05) is 23.3 Å². The Morgan fingerprint density at radius 2 is 1.87 bits per heavy atom. The van der Waals surface area contributed by atoms with Gasteiger partial charge in [-0.05, 0) is 43.3 Å². The van der Waals surface area contributed by atoms with Crippen LogP contribution in [0.15, 0.2) is 54.7 Å². The van der Waals surface area contributed by atoms with E-state index in [1.54, 1.807) is 29.7 Å². The van der Waals surface area contributed by atoms with Crippen LogP contribution in [0, 0.1) is 24.1 Å². The number of fused-ring (bicyclic) bond motifs is 1. The van der Waals surface area contributed by atoms with E-state index in [-0.39, 0.29) is 39.2 Å².